The lowest BCUT2D eigenvalue weighted by Crippen LogP contribution is -2.53. The molecule has 0 saturated carbocycles. The standard InChI is InChI=1S/C14H17NO4/c1-10(11-5-3-2-4-6-11)13(16)15-7-8-19-9-12(15)14(17)18/h2-6,10,12H,7-9H2,1H3,(H,17,18)/t10-,12?/m0/s1. The Labute approximate surface area is 111 Å². The predicted octanol–water partition coefficient (Wildman–Crippen LogP) is 1.10. The zero-order chi connectivity index (χ0) is 13.8. The molecule has 1 fully saturated rings. The number of carbonyl (C=O) groups excluding carboxylic acids is 1. The first-order valence-electron chi connectivity index (χ1n) is 6.27. The van der Waals surface area contributed by atoms with Crippen LogP contribution in [0.5, 0.6) is 0 Å². The third-order valence-corrected chi connectivity index (χ3v) is 3.37. The van der Waals surface area contributed by atoms with Gasteiger partial charge in [-0.2, -0.15) is 0 Å². The molecule has 1 saturated heterocycles. The van der Waals surface area contributed by atoms with Gasteiger partial charge in [-0.15, -0.1) is 0 Å². The van der Waals surface area contributed by atoms with Crippen molar-refractivity contribution in [1.82, 2.24) is 4.90 Å². The number of carboxylic acid groups (broad SMARTS) is 1. The van der Waals surface area contributed by atoms with Gasteiger partial charge in [-0.3, -0.25) is 4.79 Å². The second-order valence-electron chi connectivity index (χ2n) is 4.59. The molecule has 5 nitrogen and oxygen atoms in total. The lowest BCUT2D eigenvalue weighted by Gasteiger charge is -2.34. The second-order valence-corrected chi connectivity index (χ2v) is 4.59. The Bertz CT molecular complexity index is 460. The van der Waals surface area contributed by atoms with E-state index >= 15 is 0 Å². The van der Waals surface area contributed by atoms with E-state index in [1.807, 2.05) is 30.3 Å². The molecule has 1 aliphatic rings. The van der Waals surface area contributed by atoms with E-state index in [9.17, 15) is 9.59 Å². The van der Waals surface area contributed by atoms with Crippen molar-refractivity contribution in [3.63, 3.8) is 0 Å². The van der Waals surface area contributed by atoms with E-state index in [-0.39, 0.29) is 18.4 Å². The van der Waals surface area contributed by atoms with Crippen LogP contribution in [0.25, 0.3) is 0 Å². The summed E-state index contributed by atoms with van der Waals surface area (Å²) in [7, 11) is 0. The monoisotopic (exact) mass is 263 g/mol. The fraction of sp³-hybridized carbons (Fsp3) is 0.429. The van der Waals surface area contributed by atoms with Crippen molar-refractivity contribution in [1.29, 1.82) is 0 Å². The first-order chi connectivity index (χ1) is 9.11. The fourth-order valence-corrected chi connectivity index (χ4v) is 2.21. The predicted molar refractivity (Wildman–Crippen MR) is 68.8 cm³/mol. The largest absolute Gasteiger partial charge is 0.480 e. The molecule has 1 aromatic rings. The first kappa shape index (κ1) is 13.5. The van der Waals surface area contributed by atoms with Crippen molar-refractivity contribution in [3.8, 4) is 0 Å². The van der Waals surface area contributed by atoms with E-state index < -0.39 is 12.0 Å². The normalized spacial score (nSPS) is 20.9. The third kappa shape index (κ3) is 2.93. The Balaban J connectivity index is 2.15. The highest BCUT2D eigenvalue weighted by atomic mass is 16.5. The van der Waals surface area contributed by atoms with Crippen LogP contribution in [0.2, 0.25) is 0 Å². The molecule has 1 amide bonds. The van der Waals surface area contributed by atoms with Crippen molar-refractivity contribution in [2.24, 2.45) is 0 Å². The van der Waals surface area contributed by atoms with Crippen LogP contribution in [0, 0.1) is 0 Å². The highest BCUT2D eigenvalue weighted by Gasteiger charge is 2.34. The van der Waals surface area contributed by atoms with Gasteiger partial charge in [-0.25, -0.2) is 4.79 Å². The average molecular weight is 263 g/mol. The van der Waals surface area contributed by atoms with Gasteiger partial charge in [0.25, 0.3) is 0 Å². The molecule has 0 radical (unpaired) electrons. The van der Waals surface area contributed by atoms with Crippen molar-refractivity contribution in [2.45, 2.75) is 18.9 Å². The molecule has 5 heteroatoms. The molecule has 0 bridgehead atoms. The van der Waals surface area contributed by atoms with Crippen LogP contribution in [-0.2, 0) is 14.3 Å². The number of benzene rings is 1. The zero-order valence-corrected chi connectivity index (χ0v) is 10.8. The zero-order valence-electron chi connectivity index (χ0n) is 10.8. The molecule has 0 aliphatic carbocycles. The summed E-state index contributed by atoms with van der Waals surface area (Å²) in [6.07, 6.45) is 0. The van der Waals surface area contributed by atoms with Gasteiger partial charge >= 0.3 is 5.97 Å². The van der Waals surface area contributed by atoms with E-state index in [1.165, 1.54) is 4.90 Å². The van der Waals surface area contributed by atoms with Gasteiger partial charge in [0.1, 0.15) is 0 Å². The SMILES string of the molecule is C[C@H](C(=O)N1CCOCC1C(=O)O)c1ccccc1. The van der Waals surface area contributed by atoms with Gasteiger partial charge in [0, 0.05) is 6.54 Å². The number of hydrogen-bond donors (Lipinski definition) is 1. The molecule has 1 aliphatic heterocycles. The van der Waals surface area contributed by atoms with Crippen LogP contribution in [0.4, 0.5) is 0 Å². The Morgan fingerprint density at radius 3 is 2.68 bits per heavy atom. The number of morpholine rings is 1. The Morgan fingerprint density at radius 2 is 2.05 bits per heavy atom. The van der Waals surface area contributed by atoms with Crippen LogP contribution < -0.4 is 0 Å². The van der Waals surface area contributed by atoms with Gasteiger partial charge in [0.2, 0.25) is 5.91 Å². The lowest BCUT2D eigenvalue weighted by molar-refractivity contribution is -0.158. The van der Waals surface area contributed by atoms with Crippen LogP contribution in [0.1, 0.15) is 18.4 Å². The number of rotatable bonds is 3. The maximum Gasteiger partial charge on any atom is 0.328 e. The van der Waals surface area contributed by atoms with Crippen LogP contribution >= 0.6 is 0 Å². The van der Waals surface area contributed by atoms with E-state index in [0.29, 0.717) is 13.2 Å². The summed E-state index contributed by atoms with van der Waals surface area (Å²) >= 11 is 0. The number of nitrogens with zero attached hydrogens (tertiary/aromatic N) is 1. The number of aliphatic carboxylic acids is 1. The molecule has 1 aromatic carbocycles. The number of hydrogen-bond acceptors (Lipinski definition) is 3. The van der Waals surface area contributed by atoms with Crippen molar-refractivity contribution in [3.05, 3.63) is 35.9 Å². The molecule has 1 unspecified atom stereocenters. The summed E-state index contributed by atoms with van der Waals surface area (Å²) in [6, 6.07) is 8.49. The molecule has 1 heterocycles. The van der Waals surface area contributed by atoms with Gasteiger partial charge in [0.05, 0.1) is 19.1 Å². The summed E-state index contributed by atoms with van der Waals surface area (Å²) in [5.41, 5.74) is 0.892. The van der Waals surface area contributed by atoms with Crippen molar-refractivity contribution < 1.29 is 19.4 Å². The van der Waals surface area contributed by atoms with Crippen molar-refractivity contribution in [2.75, 3.05) is 19.8 Å². The maximum atomic E-state index is 12.4. The lowest BCUT2D eigenvalue weighted by atomic mass is 9.99. The number of carboxylic acids is 1. The van der Waals surface area contributed by atoms with Crippen LogP contribution in [-0.4, -0.2) is 47.7 Å². The Kier molecular flexibility index (Phi) is 4.16. The van der Waals surface area contributed by atoms with Crippen molar-refractivity contribution >= 4 is 11.9 Å². The van der Waals surface area contributed by atoms with Crippen LogP contribution in [0.3, 0.4) is 0 Å². The molecular formula is C14H17NO4. The fourth-order valence-electron chi connectivity index (χ4n) is 2.21. The smallest absolute Gasteiger partial charge is 0.328 e. The third-order valence-electron chi connectivity index (χ3n) is 3.37. The molecule has 2 rings (SSSR count). The topological polar surface area (TPSA) is 66.8 Å². The van der Waals surface area contributed by atoms with Gasteiger partial charge in [-0.1, -0.05) is 30.3 Å². The first-order valence-corrected chi connectivity index (χ1v) is 6.27. The van der Waals surface area contributed by atoms with E-state index in [4.69, 9.17) is 9.84 Å². The Morgan fingerprint density at radius 1 is 1.37 bits per heavy atom. The molecule has 19 heavy (non-hydrogen) atoms. The molecular weight excluding hydrogens is 246 g/mol. The highest BCUT2D eigenvalue weighted by Crippen LogP contribution is 2.20. The van der Waals surface area contributed by atoms with E-state index in [1.54, 1.807) is 6.92 Å². The molecule has 2 atom stereocenters. The summed E-state index contributed by atoms with van der Waals surface area (Å²) in [4.78, 5) is 25.0. The van der Waals surface area contributed by atoms with E-state index in [2.05, 4.69) is 0 Å². The molecule has 1 N–H and O–H groups in total. The number of carbonyl (C=O) groups is 2. The summed E-state index contributed by atoms with van der Waals surface area (Å²) < 4.78 is 5.13. The average Bonchev–Trinajstić information content (AvgIpc) is 2.46. The quantitative estimate of drug-likeness (QED) is 0.887. The summed E-state index contributed by atoms with van der Waals surface area (Å²) in [6.45, 7) is 2.57. The minimum absolute atomic E-state index is 0.0581. The van der Waals surface area contributed by atoms with Gasteiger partial charge in [0.15, 0.2) is 6.04 Å². The Hall–Kier alpha value is -1.88. The van der Waals surface area contributed by atoms with E-state index in [0.717, 1.165) is 5.56 Å². The number of amides is 1. The minimum atomic E-state index is -1.02. The number of ether oxygens (including phenoxy) is 1. The minimum Gasteiger partial charge on any atom is -0.480 e. The maximum absolute atomic E-state index is 12.4. The summed E-state index contributed by atoms with van der Waals surface area (Å²) in [5, 5.41) is 9.14. The second kappa shape index (κ2) is 5.84. The molecule has 0 aromatic heterocycles. The molecule has 0 spiro atoms. The van der Waals surface area contributed by atoms with Gasteiger partial charge in [-0.05, 0) is 12.5 Å². The summed E-state index contributed by atoms with van der Waals surface area (Å²) in [5.74, 6) is -1.53. The highest BCUT2D eigenvalue weighted by molar-refractivity contribution is 5.88. The van der Waals surface area contributed by atoms with Crippen LogP contribution in [0.15, 0.2) is 30.3 Å². The van der Waals surface area contributed by atoms with Gasteiger partial charge < -0.3 is 14.7 Å². The molecule has 102 valence electrons.